The molecule has 0 saturated carbocycles. The highest BCUT2D eigenvalue weighted by atomic mass is 16.2. The molecule has 0 aliphatic rings. The summed E-state index contributed by atoms with van der Waals surface area (Å²) in [5.41, 5.74) is 7.29. The van der Waals surface area contributed by atoms with Crippen LogP contribution in [0.3, 0.4) is 0 Å². The van der Waals surface area contributed by atoms with Crippen molar-refractivity contribution < 1.29 is 4.79 Å². The molecule has 0 bridgehead atoms. The number of nitrogens with zero attached hydrogens (tertiary/aromatic N) is 3. The molecular formula is C12H15N5O. The number of nitrogens with one attached hydrogen (secondary N) is 1. The molecule has 1 heterocycles. The summed E-state index contributed by atoms with van der Waals surface area (Å²) in [6.45, 7) is 2.30. The van der Waals surface area contributed by atoms with E-state index in [4.69, 9.17) is 5.73 Å². The van der Waals surface area contributed by atoms with Crippen molar-refractivity contribution in [3.8, 4) is 0 Å². The van der Waals surface area contributed by atoms with Crippen LogP contribution in [0, 0.1) is 0 Å². The zero-order chi connectivity index (χ0) is 13.0. The molecule has 6 nitrogen and oxygen atoms in total. The maximum absolute atomic E-state index is 11.4. The smallest absolute Gasteiger partial charge is 0.240 e. The van der Waals surface area contributed by atoms with Gasteiger partial charge >= 0.3 is 0 Å². The van der Waals surface area contributed by atoms with Crippen molar-refractivity contribution in [3.63, 3.8) is 0 Å². The van der Waals surface area contributed by atoms with Gasteiger partial charge in [-0.05, 0) is 24.6 Å². The quantitative estimate of drug-likeness (QED) is 0.826. The van der Waals surface area contributed by atoms with Crippen molar-refractivity contribution in [3.05, 3.63) is 42.5 Å². The average molecular weight is 245 g/mol. The number of benzene rings is 1. The van der Waals surface area contributed by atoms with Crippen LogP contribution in [0.2, 0.25) is 0 Å². The zero-order valence-electron chi connectivity index (χ0n) is 10.1. The maximum atomic E-state index is 11.4. The van der Waals surface area contributed by atoms with Gasteiger partial charge < -0.3 is 11.1 Å². The van der Waals surface area contributed by atoms with Crippen molar-refractivity contribution in [2.45, 2.75) is 19.5 Å². The number of hydrogen-bond acceptors (Lipinski definition) is 4. The number of amides is 1. The van der Waals surface area contributed by atoms with E-state index >= 15 is 0 Å². The van der Waals surface area contributed by atoms with E-state index in [9.17, 15) is 4.79 Å². The van der Waals surface area contributed by atoms with Gasteiger partial charge in [0.15, 0.2) is 0 Å². The van der Waals surface area contributed by atoms with E-state index in [2.05, 4.69) is 15.4 Å². The van der Waals surface area contributed by atoms with Gasteiger partial charge in [-0.15, -0.1) is 0 Å². The van der Waals surface area contributed by atoms with Gasteiger partial charge in [0.2, 0.25) is 5.91 Å². The van der Waals surface area contributed by atoms with Crippen molar-refractivity contribution >= 4 is 11.6 Å². The molecule has 0 fully saturated rings. The number of nitrogens with two attached hydrogens (primary N) is 1. The average Bonchev–Trinajstić information content (AvgIpc) is 2.84. The molecule has 3 N–H and O–H groups in total. The Balaban J connectivity index is 1.99. The molecule has 1 atom stereocenters. The Bertz CT molecular complexity index is 504. The van der Waals surface area contributed by atoms with Gasteiger partial charge in [0, 0.05) is 5.69 Å². The minimum atomic E-state index is -0.514. The van der Waals surface area contributed by atoms with Crippen LogP contribution in [0.1, 0.15) is 12.5 Å². The third kappa shape index (κ3) is 3.14. The molecule has 94 valence electrons. The zero-order valence-corrected chi connectivity index (χ0v) is 10.1. The highest BCUT2D eigenvalue weighted by Crippen LogP contribution is 2.10. The summed E-state index contributed by atoms with van der Waals surface area (Å²) >= 11 is 0. The van der Waals surface area contributed by atoms with E-state index in [1.165, 1.54) is 6.33 Å². The topological polar surface area (TPSA) is 85.8 Å². The number of carbonyl (C=O) groups is 1. The third-order valence-corrected chi connectivity index (χ3v) is 2.45. The monoisotopic (exact) mass is 245 g/mol. The fraction of sp³-hybridized carbons (Fsp3) is 0.250. The molecule has 0 spiro atoms. The van der Waals surface area contributed by atoms with E-state index in [1.54, 1.807) is 17.9 Å². The Morgan fingerprint density at radius 3 is 2.72 bits per heavy atom. The van der Waals surface area contributed by atoms with Gasteiger partial charge in [-0.25, -0.2) is 9.67 Å². The van der Waals surface area contributed by atoms with Crippen molar-refractivity contribution in [1.29, 1.82) is 0 Å². The van der Waals surface area contributed by atoms with Crippen LogP contribution in [-0.2, 0) is 11.3 Å². The van der Waals surface area contributed by atoms with Gasteiger partial charge in [0.1, 0.15) is 12.7 Å². The number of hydrogen-bond donors (Lipinski definition) is 2. The minimum absolute atomic E-state index is 0.195. The van der Waals surface area contributed by atoms with E-state index in [0.29, 0.717) is 6.54 Å². The van der Waals surface area contributed by atoms with Crippen LogP contribution in [0.15, 0.2) is 36.9 Å². The second-order valence-corrected chi connectivity index (χ2v) is 4.07. The molecule has 6 heteroatoms. The molecule has 1 amide bonds. The van der Waals surface area contributed by atoms with Gasteiger partial charge in [-0.3, -0.25) is 4.79 Å². The molecule has 2 rings (SSSR count). The van der Waals surface area contributed by atoms with Gasteiger partial charge in [0.05, 0.1) is 12.6 Å². The molecular weight excluding hydrogens is 230 g/mol. The lowest BCUT2D eigenvalue weighted by Gasteiger charge is -2.08. The summed E-state index contributed by atoms with van der Waals surface area (Å²) in [7, 11) is 0. The number of anilines is 1. The number of aromatic nitrogens is 3. The van der Waals surface area contributed by atoms with Crippen molar-refractivity contribution in [2.75, 3.05) is 5.32 Å². The van der Waals surface area contributed by atoms with Crippen LogP contribution in [0.25, 0.3) is 0 Å². The minimum Gasteiger partial charge on any atom is -0.325 e. The van der Waals surface area contributed by atoms with Crippen molar-refractivity contribution in [1.82, 2.24) is 14.8 Å². The Morgan fingerprint density at radius 1 is 1.44 bits per heavy atom. The van der Waals surface area contributed by atoms with E-state index in [0.717, 1.165) is 11.3 Å². The lowest BCUT2D eigenvalue weighted by atomic mass is 10.2. The fourth-order valence-electron chi connectivity index (χ4n) is 1.45. The Hall–Kier alpha value is -2.21. The first-order valence-corrected chi connectivity index (χ1v) is 5.63. The summed E-state index contributed by atoms with van der Waals surface area (Å²) in [5, 5.41) is 6.75. The second kappa shape index (κ2) is 5.42. The van der Waals surface area contributed by atoms with Gasteiger partial charge in [0.25, 0.3) is 0 Å². The predicted octanol–water partition coefficient (Wildman–Crippen LogP) is 0.612. The molecule has 1 aromatic carbocycles. The second-order valence-electron chi connectivity index (χ2n) is 4.07. The fourth-order valence-corrected chi connectivity index (χ4v) is 1.45. The molecule has 0 saturated heterocycles. The predicted molar refractivity (Wildman–Crippen MR) is 67.8 cm³/mol. The molecule has 18 heavy (non-hydrogen) atoms. The van der Waals surface area contributed by atoms with E-state index < -0.39 is 6.04 Å². The van der Waals surface area contributed by atoms with Gasteiger partial charge in [-0.2, -0.15) is 5.10 Å². The van der Waals surface area contributed by atoms with Crippen LogP contribution in [0.5, 0.6) is 0 Å². The van der Waals surface area contributed by atoms with Crippen LogP contribution < -0.4 is 11.1 Å². The number of carbonyl (C=O) groups excluding carboxylic acids is 1. The maximum Gasteiger partial charge on any atom is 0.240 e. The first kappa shape index (κ1) is 12.3. The normalized spacial score (nSPS) is 12.1. The molecule has 0 radical (unpaired) electrons. The molecule has 0 aliphatic heterocycles. The highest BCUT2D eigenvalue weighted by molar-refractivity contribution is 5.94. The third-order valence-electron chi connectivity index (χ3n) is 2.45. The molecule has 1 aromatic heterocycles. The SMILES string of the molecule is CC(N)C(=O)Nc1ccc(Cn2cncn2)cc1. The lowest BCUT2D eigenvalue weighted by molar-refractivity contribution is -0.117. The summed E-state index contributed by atoms with van der Waals surface area (Å²) < 4.78 is 1.73. The first-order chi connectivity index (χ1) is 8.65. The lowest BCUT2D eigenvalue weighted by Crippen LogP contribution is -2.32. The standard InChI is InChI=1S/C12H15N5O/c1-9(13)12(18)16-11-4-2-10(3-5-11)6-17-8-14-7-15-17/h2-5,7-9H,6,13H2,1H3,(H,16,18). The summed E-state index contributed by atoms with van der Waals surface area (Å²) in [4.78, 5) is 15.3. The van der Waals surface area contributed by atoms with Crippen molar-refractivity contribution in [2.24, 2.45) is 5.73 Å². The van der Waals surface area contributed by atoms with E-state index in [1.807, 2.05) is 24.3 Å². The van der Waals surface area contributed by atoms with Crippen LogP contribution in [0.4, 0.5) is 5.69 Å². The molecule has 0 aliphatic carbocycles. The van der Waals surface area contributed by atoms with Crippen LogP contribution in [-0.4, -0.2) is 26.7 Å². The molecule has 1 unspecified atom stereocenters. The first-order valence-electron chi connectivity index (χ1n) is 5.63. The van der Waals surface area contributed by atoms with E-state index in [-0.39, 0.29) is 5.91 Å². The Labute approximate surface area is 105 Å². The Kier molecular flexibility index (Phi) is 3.69. The summed E-state index contributed by atoms with van der Waals surface area (Å²) in [6.07, 6.45) is 3.16. The van der Waals surface area contributed by atoms with Gasteiger partial charge in [-0.1, -0.05) is 12.1 Å². The van der Waals surface area contributed by atoms with Crippen LogP contribution >= 0.6 is 0 Å². The Morgan fingerprint density at radius 2 is 2.17 bits per heavy atom. The summed E-state index contributed by atoms with van der Waals surface area (Å²) in [5.74, 6) is -0.195. The highest BCUT2D eigenvalue weighted by Gasteiger charge is 2.06. The largest absolute Gasteiger partial charge is 0.325 e. The number of rotatable bonds is 4. The molecule has 2 aromatic rings. The summed E-state index contributed by atoms with van der Waals surface area (Å²) in [6, 6.07) is 7.02.